The van der Waals surface area contributed by atoms with Crippen LogP contribution in [0, 0.1) is 10.1 Å². The topological polar surface area (TPSA) is 78.7 Å². The van der Waals surface area contributed by atoms with Gasteiger partial charge in [0.1, 0.15) is 6.04 Å². The number of nitro benzene ring substituents is 1. The third-order valence-electron chi connectivity index (χ3n) is 4.52. The number of para-hydroxylation sites is 1. The summed E-state index contributed by atoms with van der Waals surface area (Å²) in [5.74, 6) is 0.00391. The summed E-state index contributed by atoms with van der Waals surface area (Å²) in [6.07, 6.45) is 0. The highest BCUT2D eigenvalue weighted by molar-refractivity contribution is 5.84. The molecule has 2 aromatic carbocycles. The Hall–Kier alpha value is -3.09. The minimum Gasteiger partial charge on any atom is -0.374 e. The van der Waals surface area contributed by atoms with Gasteiger partial charge in [0.15, 0.2) is 0 Å². The number of benzene rings is 2. The molecule has 1 aliphatic rings. The average molecular weight is 354 g/mol. The van der Waals surface area contributed by atoms with Crippen molar-refractivity contribution in [2.24, 2.45) is 0 Å². The van der Waals surface area contributed by atoms with Crippen molar-refractivity contribution in [2.75, 3.05) is 36.4 Å². The van der Waals surface area contributed by atoms with Crippen molar-refractivity contribution in [2.45, 2.75) is 13.0 Å². The van der Waals surface area contributed by atoms with Crippen molar-refractivity contribution in [1.82, 2.24) is 4.90 Å². The van der Waals surface area contributed by atoms with Crippen molar-refractivity contribution in [3.05, 3.63) is 64.7 Å². The van der Waals surface area contributed by atoms with Crippen LogP contribution in [0.5, 0.6) is 0 Å². The summed E-state index contributed by atoms with van der Waals surface area (Å²) < 4.78 is 0. The quantitative estimate of drug-likeness (QED) is 0.660. The summed E-state index contributed by atoms with van der Waals surface area (Å²) >= 11 is 0. The smallest absolute Gasteiger partial charge is 0.271 e. The first-order chi connectivity index (χ1) is 12.5. The lowest BCUT2D eigenvalue weighted by atomic mass is 10.2. The molecule has 7 nitrogen and oxygen atoms in total. The molecule has 0 aromatic heterocycles. The molecule has 1 N–H and O–H groups in total. The van der Waals surface area contributed by atoms with Gasteiger partial charge in [-0.1, -0.05) is 24.3 Å². The number of hydrogen-bond acceptors (Lipinski definition) is 5. The van der Waals surface area contributed by atoms with Crippen molar-refractivity contribution in [3.63, 3.8) is 0 Å². The van der Waals surface area contributed by atoms with Gasteiger partial charge in [-0.15, -0.1) is 0 Å². The van der Waals surface area contributed by atoms with E-state index in [1.807, 2.05) is 23.1 Å². The number of carbonyl (C=O) groups is 1. The van der Waals surface area contributed by atoms with Crippen LogP contribution >= 0.6 is 0 Å². The Bertz CT molecular complexity index is 773. The third-order valence-corrected chi connectivity index (χ3v) is 4.52. The molecule has 1 aliphatic heterocycles. The molecular weight excluding hydrogens is 332 g/mol. The number of anilines is 2. The molecule has 0 unspecified atom stereocenters. The largest absolute Gasteiger partial charge is 0.374 e. The zero-order valence-corrected chi connectivity index (χ0v) is 14.7. The molecule has 0 radical (unpaired) electrons. The maximum absolute atomic E-state index is 12.7. The predicted octanol–water partition coefficient (Wildman–Crippen LogP) is 2.74. The second-order valence-electron chi connectivity index (χ2n) is 6.32. The van der Waals surface area contributed by atoms with Crippen LogP contribution in [0.3, 0.4) is 0 Å². The normalized spacial score (nSPS) is 15.4. The minimum atomic E-state index is -0.444. The van der Waals surface area contributed by atoms with Gasteiger partial charge in [0.05, 0.1) is 4.92 Å². The van der Waals surface area contributed by atoms with Gasteiger partial charge in [-0.05, 0) is 25.1 Å². The van der Waals surface area contributed by atoms with E-state index in [4.69, 9.17) is 0 Å². The fraction of sp³-hybridized carbons (Fsp3) is 0.316. The molecule has 3 rings (SSSR count). The molecule has 0 aliphatic carbocycles. The lowest BCUT2D eigenvalue weighted by Crippen LogP contribution is -2.52. The number of nitrogens with zero attached hydrogens (tertiary/aromatic N) is 3. The number of rotatable bonds is 5. The van der Waals surface area contributed by atoms with E-state index in [9.17, 15) is 14.9 Å². The molecule has 0 spiro atoms. The Labute approximate surface area is 152 Å². The molecule has 26 heavy (non-hydrogen) atoms. The molecule has 0 saturated carbocycles. The number of amides is 1. The second-order valence-corrected chi connectivity index (χ2v) is 6.32. The van der Waals surface area contributed by atoms with Crippen molar-refractivity contribution in [1.29, 1.82) is 0 Å². The molecule has 7 heteroatoms. The zero-order chi connectivity index (χ0) is 18.5. The predicted molar refractivity (Wildman–Crippen MR) is 101 cm³/mol. The van der Waals surface area contributed by atoms with Crippen molar-refractivity contribution in [3.8, 4) is 0 Å². The van der Waals surface area contributed by atoms with Crippen molar-refractivity contribution < 1.29 is 9.72 Å². The Morgan fingerprint density at radius 3 is 2.42 bits per heavy atom. The van der Waals surface area contributed by atoms with Crippen LogP contribution in [-0.2, 0) is 4.79 Å². The van der Waals surface area contributed by atoms with Crippen LogP contribution in [0.2, 0.25) is 0 Å². The molecule has 2 aromatic rings. The highest BCUT2D eigenvalue weighted by Gasteiger charge is 2.25. The molecule has 1 atom stereocenters. The van der Waals surface area contributed by atoms with Gasteiger partial charge >= 0.3 is 0 Å². The third kappa shape index (κ3) is 4.11. The molecule has 0 bridgehead atoms. The van der Waals surface area contributed by atoms with Gasteiger partial charge in [0, 0.05) is 49.7 Å². The molecule has 1 amide bonds. The van der Waals surface area contributed by atoms with Gasteiger partial charge in [-0.25, -0.2) is 0 Å². The summed E-state index contributed by atoms with van der Waals surface area (Å²) in [6, 6.07) is 15.9. The van der Waals surface area contributed by atoms with Crippen LogP contribution in [0.25, 0.3) is 0 Å². The van der Waals surface area contributed by atoms with Gasteiger partial charge in [-0.2, -0.15) is 0 Å². The lowest BCUT2D eigenvalue weighted by molar-refractivity contribution is -0.384. The molecule has 1 heterocycles. The van der Waals surface area contributed by atoms with E-state index in [1.54, 1.807) is 19.1 Å². The van der Waals surface area contributed by atoms with Gasteiger partial charge in [0.2, 0.25) is 5.91 Å². The van der Waals surface area contributed by atoms with E-state index in [2.05, 4.69) is 22.3 Å². The average Bonchev–Trinajstić information content (AvgIpc) is 2.68. The summed E-state index contributed by atoms with van der Waals surface area (Å²) in [7, 11) is 0. The number of nitrogens with one attached hydrogen (secondary N) is 1. The number of non-ortho nitro benzene ring substituents is 1. The summed E-state index contributed by atoms with van der Waals surface area (Å²) in [4.78, 5) is 27.2. The standard InChI is InChI=1S/C19H22N4O3/c1-15(20-16-6-5-9-18(14-16)23(25)26)19(24)22-12-10-21(11-13-22)17-7-3-2-4-8-17/h2-9,14-15,20H,10-13H2,1H3/t15-/m0/s1. The first kappa shape index (κ1) is 17.7. The van der Waals surface area contributed by atoms with Crippen LogP contribution in [0.1, 0.15) is 6.92 Å². The monoisotopic (exact) mass is 354 g/mol. The lowest BCUT2D eigenvalue weighted by Gasteiger charge is -2.37. The van der Waals surface area contributed by atoms with Gasteiger partial charge in [0.25, 0.3) is 5.69 Å². The number of carbonyl (C=O) groups excluding carboxylic acids is 1. The van der Waals surface area contributed by atoms with E-state index in [-0.39, 0.29) is 11.6 Å². The van der Waals surface area contributed by atoms with E-state index in [0.717, 1.165) is 13.1 Å². The molecule has 136 valence electrons. The summed E-state index contributed by atoms with van der Waals surface area (Å²) in [5.41, 5.74) is 1.75. The van der Waals surface area contributed by atoms with Gasteiger partial charge < -0.3 is 15.1 Å². The molecule has 1 saturated heterocycles. The van der Waals surface area contributed by atoms with Gasteiger partial charge in [-0.3, -0.25) is 14.9 Å². The van der Waals surface area contributed by atoms with Crippen LogP contribution in [-0.4, -0.2) is 48.0 Å². The highest BCUT2D eigenvalue weighted by Crippen LogP contribution is 2.19. The van der Waals surface area contributed by atoms with Crippen molar-refractivity contribution >= 4 is 23.0 Å². The second kappa shape index (κ2) is 7.86. The van der Waals surface area contributed by atoms with E-state index < -0.39 is 11.0 Å². The Kier molecular flexibility index (Phi) is 5.36. The maximum Gasteiger partial charge on any atom is 0.271 e. The Morgan fingerprint density at radius 2 is 1.77 bits per heavy atom. The number of piperazine rings is 1. The van der Waals surface area contributed by atoms with Crippen LogP contribution in [0.4, 0.5) is 17.1 Å². The molecule has 1 fully saturated rings. The minimum absolute atomic E-state index is 0.00391. The maximum atomic E-state index is 12.7. The highest BCUT2D eigenvalue weighted by atomic mass is 16.6. The first-order valence-corrected chi connectivity index (χ1v) is 8.64. The Morgan fingerprint density at radius 1 is 1.08 bits per heavy atom. The molecular formula is C19H22N4O3. The van der Waals surface area contributed by atoms with E-state index >= 15 is 0 Å². The first-order valence-electron chi connectivity index (χ1n) is 8.64. The summed E-state index contributed by atoms with van der Waals surface area (Å²) in [5, 5.41) is 13.9. The fourth-order valence-electron chi connectivity index (χ4n) is 3.12. The van der Waals surface area contributed by atoms with E-state index in [1.165, 1.54) is 17.8 Å². The zero-order valence-electron chi connectivity index (χ0n) is 14.7. The van der Waals surface area contributed by atoms with E-state index in [0.29, 0.717) is 18.8 Å². The number of nitro groups is 1. The van der Waals surface area contributed by atoms with Crippen LogP contribution < -0.4 is 10.2 Å². The Balaban J connectivity index is 1.56. The SMILES string of the molecule is C[C@H](Nc1cccc([N+](=O)[O-])c1)C(=O)N1CCN(c2ccccc2)CC1. The number of hydrogen-bond donors (Lipinski definition) is 1. The fourth-order valence-corrected chi connectivity index (χ4v) is 3.12. The van der Waals surface area contributed by atoms with Crippen LogP contribution in [0.15, 0.2) is 54.6 Å². The summed E-state index contributed by atoms with van der Waals surface area (Å²) in [6.45, 7) is 4.69.